The summed E-state index contributed by atoms with van der Waals surface area (Å²) in [6.07, 6.45) is 11.0. The van der Waals surface area contributed by atoms with Gasteiger partial charge in [0, 0.05) is 31.9 Å². The molecule has 0 saturated heterocycles. The fourth-order valence-corrected chi connectivity index (χ4v) is 1.38. The molecule has 4 nitrogen and oxygen atoms in total. The van der Waals surface area contributed by atoms with Crippen LogP contribution in [0.1, 0.15) is 26.2 Å². The predicted molar refractivity (Wildman–Crippen MR) is 65.3 cm³/mol. The minimum absolute atomic E-state index is 0.0648. The number of terminal acetylenes is 1. The second kappa shape index (κ2) is 6.67. The third-order valence-corrected chi connectivity index (χ3v) is 2.17. The van der Waals surface area contributed by atoms with Crippen LogP contribution >= 0.6 is 0 Å². The molecule has 0 amide bonds. The van der Waals surface area contributed by atoms with Crippen molar-refractivity contribution in [2.75, 3.05) is 11.9 Å². The van der Waals surface area contributed by atoms with Gasteiger partial charge in [0.15, 0.2) is 5.82 Å². The topological polar surface area (TPSA) is 46.9 Å². The molecule has 1 N–H and O–H groups in total. The van der Waals surface area contributed by atoms with Crippen molar-refractivity contribution in [3.8, 4) is 12.3 Å². The van der Waals surface area contributed by atoms with Crippen molar-refractivity contribution in [1.29, 1.82) is 0 Å². The normalized spacial score (nSPS) is 9.75. The Morgan fingerprint density at radius 3 is 3.12 bits per heavy atom. The summed E-state index contributed by atoms with van der Waals surface area (Å²) in [7, 11) is 0. The number of hydrogen-bond acceptors (Lipinski definition) is 3. The summed E-state index contributed by atoms with van der Waals surface area (Å²) in [5.74, 6) is 2.97. The highest BCUT2D eigenvalue weighted by Crippen LogP contribution is 1.95. The average Bonchev–Trinajstić information content (AvgIpc) is 2.29. The maximum Gasteiger partial charge on any atom is 0.293 e. The van der Waals surface area contributed by atoms with Crippen LogP contribution in [-0.2, 0) is 6.54 Å². The molecule has 0 aromatic carbocycles. The van der Waals surface area contributed by atoms with Crippen molar-refractivity contribution in [3.63, 3.8) is 0 Å². The van der Waals surface area contributed by atoms with Gasteiger partial charge in [0.1, 0.15) is 0 Å². The number of aryl methyl sites for hydroxylation is 1. The van der Waals surface area contributed by atoms with Crippen LogP contribution < -0.4 is 10.9 Å². The number of unbranched alkanes of at least 4 members (excludes halogenated alkanes) is 1. The van der Waals surface area contributed by atoms with Crippen molar-refractivity contribution in [1.82, 2.24) is 9.55 Å². The molecule has 0 bridgehead atoms. The van der Waals surface area contributed by atoms with E-state index >= 15 is 0 Å². The zero-order valence-corrected chi connectivity index (χ0v) is 9.57. The van der Waals surface area contributed by atoms with Gasteiger partial charge in [0.25, 0.3) is 5.56 Å². The molecule has 1 aromatic heterocycles. The third kappa shape index (κ3) is 3.43. The van der Waals surface area contributed by atoms with Crippen LogP contribution in [0.3, 0.4) is 0 Å². The maximum absolute atomic E-state index is 11.8. The number of nitrogens with one attached hydrogen (secondary N) is 1. The number of hydrogen-bond donors (Lipinski definition) is 1. The Balaban J connectivity index is 2.63. The molecule has 0 aliphatic rings. The van der Waals surface area contributed by atoms with E-state index in [1.165, 1.54) is 0 Å². The molecule has 0 radical (unpaired) electrons. The van der Waals surface area contributed by atoms with E-state index in [-0.39, 0.29) is 5.56 Å². The first kappa shape index (κ1) is 12.3. The molecule has 0 atom stereocenters. The predicted octanol–water partition coefficient (Wildman–Crippen LogP) is 1.48. The lowest BCUT2D eigenvalue weighted by Gasteiger charge is -2.07. The highest BCUT2D eigenvalue weighted by atomic mass is 16.1. The quantitative estimate of drug-likeness (QED) is 0.582. The lowest BCUT2D eigenvalue weighted by Crippen LogP contribution is -2.24. The fourth-order valence-electron chi connectivity index (χ4n) is 1.38. The van der Waals surface area contributed by atoms with Gasteiger partial charge in [0.2, 0.25) is 0 Å². The molecule has 1 aromatic rings. The molecule has 0 fully saturated rings. The molecule has 86 valence electrons. The minimum Gasteiger partial charge on any atom is -0.365 e. The van der Waals surface area contributed by atoms with E-state index in [1.807, 2.05) is 6.92 Å². The van der Waals surface area contributed by atoms with Gasteiger partial charge in [0.05, 0.1) is 0 Å². The van der Waals surface area contributed by atoms with E-state index in [1.54, 1.807) is 17.0 Å². The molecule has 0 aliphatic heterocycles. The highest BCUT2D eigenvalue weighted by Gasteiger charge is 2.02. The summed E-state index contributed by atoms with van der Waals surface area (Å²) in [6.45, 7) is 3.44. The summed E-state index contributed by atoms with van der Waals surface area (Å²) in [5.41, 5.74) is -0.0648. The van der Waals surface area contributed by atoms with Gasteiger partial charge in [-0.15, -0.1) is 12.3 Å². The zero-order chi connectivity index (χ0) is 11.8. The Hall–Kier alpha value is -1.76. The lowest BCUT2D eigenvalue weighted by molar-refractivity contribution is 0.649. The standard InChI is InChI=1S/C12H17N3O/c1-3-5-6-7-13-11-12(16)15(9-4-2)10-8-14-11/h1,8,10H,4-7,9H2,2H3,(H,13,14). The van der Waals surface area contributed by atoms with Crippen molar-refractivity contribution in [3.05, 3.63) is 22.7 Å². The summed E-state index contributed by atoms with van der Waals surface area (Å²) < 4.78 is 1.66. The van der Waals surface area contributed by atoms with Crippen LogP contribution in [0.4, 0.5) is 5.82 Å². The smallest absolute Gasteiger partial charge is 0.293 e. The molecule has 4 heteroatoms. The molecule has 1 rings (SSSR count). The monoisotopic (exact) mass is 219 g/mol. The Kier molecular flexibility index (Phi) is 5.13. The second-order valence-electron chi connectivity index (χ2n) is 3.51. The Labute approximate surface area is 95.7 Å². The third-order valence-electron chi connectivity index (χ3n) is 2.17. The number of nitrogens with zero attached hydrogens (tertiary/aromatic N) is 2. The van der Waals surface area contributed by atoms with Gasteiger partial charge >= 0.3 is 0 Å². The zero-order valence-electron chi connectivity index (χ0n) is 9.57. The Morgan fingerprint density at radius 2 is 2.44 bits per heavy atom. The first-order valence-electron chi connectivity index (χ1n) is 5.52. The van der Waals surface area contributed by atoms with Crippen molar-refractivity contribution < 1.29 is 0 Å². The van der Waals surface area contributed by atoms with Crippen LogP contribution in [0.25, 0.3) is 0 Å². The second-order valence-corrected chi connectivity index (χ2v) is 3.51. The van der Waals surface area contributed by atoms with Gasteiger partial charge in [-0.1, -0.05) is 6.92 Å². The van der Waals surface area contributed by atoms with Crippen LogP contribution in [0.5, 0.6) is 0 Å². The molecule has 0 saturated carbocycles. The van der Waals surface area contributed by atoms with E-state index < -0.39 is 0 Å². The maximum atomic E-state index is 11.8. The van der Waals surface area contributed by atoms with Gasteiger partial charge in [-0.05, 0) is 12.8 Å². The average molecular weight is 219 g/mol. The Bertz CT molecular complexity index is 417. The van der Waals surface area contributed by atoms with E-state index in [9.17, 15) is 4.79 Å². The molecule has 0 unspecified atom stereocenters. The molecule has 16 heavy (non-hydrogen) atoms. The summed E-state index contributed by atoms with van der Waals surface area (Å²) in [6, 6.07) is 0. The largest absolute Gasteiger partial charge is 0.365 e. The van der Waals surface area contributed by atoms with Gasteiger partial charge in [-0.2, -0.15) is 0 Å². The number of aromatic nitrogens is 2. The number of anilines is 1. The van der Waals surface area contributed by atoms with Crippen LogP contribution in [-0.4, -0.2) is 16.1 Å². The Morgan fingerprint density at radius 1 is 1.62 bits per heavy atom. The van der Waals surface area contributed by atoms with Crippen molar-refractivity contribution in [2.45, 2.75) is 32.7 Å². The highest BCUT2D eigenvalue weighted by molar-refractivity contribution is 5.30. The minimum atomic E-state index is -0.0648. The summed E-state index contributed by atoms with van der Waals surface area (Å²) >= 11 is 0. The SMILES string of the molecule is C#CCCCNc1nccn(CCC)c1=O. The van der Waals surface area contributed by atoms with Crippen LogP contribution in [0, 0.1) is 12.3 Å². The van der Waals surface area contributed by atoms with Crippen LogP contribution in [0.15, 0.2) is 17.2 Å². The molecular formula is C12H17N3O. The first-order valence-corrected chi connectivity index (χ1v) is 5.52. The molecule has 0 spiro atoms. The van der Waals surface area contributed by atoms with Crippen molar-refractivity contribution >= 4 is 5.82 Å². The van der Waals surface area contributed by atoms with Gasteiger partial charge < -0.3 is 9.88 Å². The van der Waals surface area contributed by atoms with E-state index in [4.69, 9.17) is 6.42 Å². The number of rotatable bonds is 6. The summed E-state index contributed by atoms with van der Waals surface area (Å²) in [5, 5.41) is 3.01. The molecule has 0 aliphatic carbocycles. The van der Waals surface area contributed by atoms with Gasteiger partial charge in [-0.3, -0.25) is 4.79 Å². The molecular weight excluding hydrogens is 202 g/mol. The first-order chi connectivity index (χ1) is 7.79. The van der Waals surface area contributed by atoms with Gasteiger partial charge in [-0.25, -0.2) is 4.98 Å². The van der Waals surface area contributed by atoms with E-state index in [0.717, 1.165) is 19.4 Å². The fraction of sp³-hybridized carbons (Fsp3) is 0.500. The van der Waals surface area contributed by atoms with Crippen molar-refractivity contribution in [2.24, 2.45) is 0 Å². The van der Waals surface area contributed by atoms with E-state index in [2.05, 4.69) is 16.2 Å². The van der Waals surface area contributed by atoms with Crippen LogP contribution in [0.2, 0.25) is 0 Å². The lowest BCUT2D eigenvalue weighted by atomic mass is 10.3. The van der Waals surface area contributed by atoms with E-state index in [0.29, 0.717) is 18.8 Å². The summed E-state index contributed by atoms with van der Waals surface area (Å²) in [4.78, 5) is 15.8. The molecule has 1 heterocycles.